The first-order valence-corrected chi connectivity index (χ1v) is 8.97. The van der Waals surface area contributed by atoms with E-state index in [1.807, 2.05) is 30.3 Å². The average Bonchev–Trinajstić information content (AvgIpc) is 3.29. The first-order valence-electron chi connectivity index (χ1n) is 8.97. The minimum Gasteiger partial charge on any atom is -0.465 e. The number of benzene rings is 1. The van der Waals surface area contributed by atoms with Crippen LogP contribution in [0.3, 0.4) is 0 Å². The number of aromatic nitrogens is 3. The molecule has 7 heteroatoms. The van der Waals surface area contributed by atoms with Crippen molar-refractivity contribution in [3.63, 3.8) is 0 Å². The molecule has 4 rings (SSSR count). The molecule has 0 atom stereocenters. The lowest BCUT2D eigenvalue weighted by molar-refractivity contribution is -0.116. The monoisotopic (exact) mass is 364 g/mol. The molecule has 3 aromatic rings. The van der Waals surface area contributed by atoms with Gasteiger partial charge in [0.05, 0.1) is 18.5 Å². The Morgan fingerprint density at radius 2 is 2.04 bits per heavy atom. The minimum atomic E-state index is -0.246. The first-order chi connectivity index (χ1) is 13.2. The predicted octanol–water partition coefficient (Wildman–Crippen LogP) is 2.33. The van der Waals surface area contributed by atoms with E-state index in [4.69, 9.17) is 4.42 Å². The number of furan rings is 1. The third-order valence-electron chi connectivity index (χ3n) is 4.39. The summed E-state index contributed by atoms with van der Waals surface area (Å²) in [4.78, 5) is 24.7. The lowest BCUT2D eigenvalue weighted by atomic mass is 10.3. The molecule has 0 saturated heterocycles. The molecule has 1 amide bonds. The van der Waals surface area contributed by atoms with Crippen LogP contribution in [0, 0.1) is 0 Å². The highest BCUT2D eigenvalue weighted by molar-refractivity contribution is 5.91. The maximum absolute atomic E-state index is 12.8. The van der Waals surface area contributed by atoms with Crippen molar-refractivity contribution in [1.82, 2.24) is 19.7 Å². The van der Waals surface area contributed by atoms with Crippen molar-refractivity contribution in [2.75, 3.05) is 6.54 Å². The Hall–Kier alpha value is -3.35. The molecule has 1 saturated carbocycles. The van der Waals surface area contributed by atoms with Gasteiger partial charge in [-0.15, -0.1) is 0 Å². The van der Waals surface area contributed by atoms with Crippen molar-refractivity contribution in [3.05, 3.63) is 76.9 Å². The highest BCUT2D eigenvalue weighted by Crippen LogP contribution is 2.39. The number of para-hydroxylation sites is 1. The molecule has 1 aromatic carbocycles. The number of amides is 1. The van der Waals surface area contributed by atoms with E-state index >= 15 is 0 Å². The Morgan fingerprint density at radius 3 is 2.74 bits per heavy atom. The van der Waals surface area contributed by atoms with Gasteiger partial charge in [0, 0.05) is 18.5 Å². The molecule has 0 unspecified atom stereocenters. The Morgan fingerprint density at radius 1 is 1.22 bits per heavy atom. The van der Waals surface area contributed by atoms with Gasteiger partial charge in [-0.25, -0.2) is 14.0 Å². The largest absolute Gasteiger partial charge is 0.465 e. The predicted molar refractivity (Wildman–Crippen MR) is 101 cm³/mol. The fraction of sp³-hybridized carbons (Fsp3) is 0.250. The van der Waals surface area contributed by atoms with Crippen LogP contribution in [0.1, 0.15) is 30.3 Å². The summed E-state index contributed by atoms with van der Waals surface area (Å²) < 4.78 is 8.24. The number of nitrogens with zero attached hydrogens (tertiary/aromatic N) is 3. The van der Waals surface area contributed by atoms with E-state index in [-0.39, 0.29) is 11.6 Å². The SMILES string of the molecule is O=C(C=Cc1ccco1)NCCn1nc(C2CC2)n(-c2ccccc2)c1=O. The summed E-state index contributed by atoms with van der Waals surface area (Å²) >= 11 is 0. The van der Waals surface area contributed by atoms with Gasteiger partial charge in [0.25, 0.3) is 0 Å². The Bertz CT molecular complexity index is 996. The van der Waals surface area contributed by atoms with Gasteiger partial charge in [-0.1, -0.05) is 18.2 Å². The fourth-order valence-electron chi connectivity index (χ4n) is 2.88. The third kappa shape index (κ3) is 3.92. The van der Waals surface area contributed by atoms with Crippen molar-refractivity contribution in [2.45, 2.75) is 25.3 Å². The molecule has 0 spiro atoms. The zero-order valence-corrected chi connectivity index (χ0v) is 14.7. The summed E-state index contributed by atoms with van der Waals surface area (Å²) in [5.41, 5.74) is 0.643. The van der Waals surface area contributed by atoms with Crippen molar-refractivity contribution in [1.29, 1.82) is 0 Å². The summed E-state index contributed by atoms with van der Waals surface area (Å²) in [7, 11) is 0. The summed E-state index contributed by atoms with van der Waals surface area (Å²) in [5.74, 6) is 1.50. The van der Waals surface area contributed by atoms with Crippen LogP contribution in [0.2, 0.25) is 0 Å². The van der Waals surface area contributed by atoms with Crippen LogP contribution in [0.15, 0.2) is 64.0 Å². The Balaban J connectivity index is 1.44. The van der Waals surface area contributed by atoms with Crippen molar-refractivity contribution < 1.29 is 9.21 Å². The highest BCUT2D eigenvalue weighted by atomic mass is 16.3. The topological polar surface area (TPSA) is 82.1 Å². The van der Waals surface area contributed by atoms with Gasteiger partial charge in [-0.05, 0) is 43.2 Å². The molecule has 2 aromatic heterocycles. The van der Waals surface area contributed by atoms with E-state index in [0.717, 1.165) is 24.4 Å². The normalized spacial score (nSPS) is 13.9. The maximum Gasteiger partial charge on any atom is 0.350 e. The first kappa shape index (κ1) is 17.1. The molecular weight excluding hydrogens is 344 g/mol. The lowest BCUT2D eigenvalue weighted by Gasteiger charge is -2.03. The molecule has 138 valence electrons. The number of carbonyl (C=O) groups excluding carboxylic acids is 1. The molecule has 1 aliphatic carbocycles. The van der Waals surface area contributed by atoms with E-state index in [0.29, 0.717) is 24.8 Å². The van der Waals surface area contributed by atoms with Crippen molar-refractivity contribution in [3.8, 4) is 5.69 Å². The smallest absolute Gasteiger partial charge is 0.350 e. The van der Waals surface area contributed by atoms with Crippen LogP contribution in [0.5, 0.6) is 0 Å². The van der Waals surface area contributed by atoms with Gasteiger partial charge in [0.2, 0.25) is 5.91 Å². The van der Waals surface area contributed by atoms with Crippen molar-refractivity contribution >= 4 is 12.0 Å². The molecule has 1 N–H and O–H groups in total. The molecule has 0 bridgehead atoms. The van der Waals surface area contributed by atoms with Crippen LogP contribution in [0.25, 0.3) is 11.8 Å². The summed E-state index contributed by atoms with van der Waals surface area (Å²) in [6.45, 7) is 0.635. The van der Waals surface area contributed by atoms with Gasteiger partial charge in [-0.3, -0.25) is 4.79 Å². The number of hydrogen-bond donors (Lipinski definition) is 1. The van der Waals surface area contributed by atoms with Crippen LogP contribution >= 0.6 is 0 Å². The number of rotatable bonds is 7. The Kier molecular flexibility index (Phi) is 4.74. The standard InChI is InChI=1S/C20H20N4O3/c25-18(11-10-17-7-4-14-27-17)21-12-13-23-20(26)24(16-5-2-1-3-6-16)19(22-23)15-8-9-15/h1-7,10-11,14-15H,8-9,12-13H2,(H,21,25). The molecule has 0 aliphatic heterocycles. The minimum absolute atomic E-state index is 0.177. The molecular formula is C20H20N4O3. The van der Waals surface area contributed by atoms with E-state index in [1.165, 1.54) is 10.8 Å². The van der Waals surface area contributed by atoms with Crippen LogP contribution < -0.4 is 11.0 Å². The van der Waals surface area contributed by atoms with Crippen LogP contribution in [0.4, 0.5) is 0 Å². The number of carbonyl (C=O) groups is 1. The quantitative estimate of drug-likeness (QED) is 0.653. The van der Waals surface area contributed by atoms with Crippen LogP contribution in [-0.4, -0.2) is 26.8 Å². The van der Waals surface area contributed by atoms with Gasteiger partial charge < -0.3 is 9.73 Å². The second-order valence-electron chi connectivity index (χ2n) is 6.45. The molecule has 27 heavy (non-hydrogen) atoms. The molecule has 1 fully saturated rings. The number of nitrogens with one attached hydrogen (secondary N) is 1. The van der Waals surface area contributed by atoms with E-state index in [2.05, 4.69) is 10.4 Å². The lowest BCUT2D eigenvalue weighted by Crippen LogP contribution is -2.31. The Labute approximate surface area is 155 Å². The molecule has 7 nitrogen and oxygen atoms in total. The van der Waals surface area contributed by atoms with Crippen LogP contribution in [-0.2, 0) is 11.3 Å². The van der Waals surface area contributed by atoms with E-state index in [9.17, 15) is 9.59 Å². The second kappa shape index (κ2) is 7.49. The second-order valence-corrected chi connectivity index (χ2v) is 6.45. The zero-order valence-electron chi connectivity index (χ0n) is 14.7. The molecule has 1 aliphatic rings. The van der Waals surface area contributed by atoms with Gasteiger partial charge >= 0.3 is 5.69 Å². The molecule has 2 heterocycles. The fourth-order valence-corrected chi connectivity index (χ4v) is 2.88. The summed E-state index contributed by atoms with van der Waals surface area (Å²) in [5, 5.41) is 7.27. The van der Waals surface area contributed by atoms with Gasteiger partial charge in [-0.2, -0.15) is 5.10 Å². The zero-order chi connectivity index (χ0) is 18.6. The van der Waals surface area contributed by atoms with Gasteiger partial charge in [0.15, 0.2) is 0 Å². The molecule has 0 radical (unpaired) electrons. The van der Waals surface area contributed by atoms with Gasteiger partial charge in [0.1, 0.15) is 11.6 Å². The summed E-state index contributed by atoms with van der Waals surface area (Å²) in [6, 6.07) is 13.1. The van der Waals surface area contributed by atoms with Crippen molar-refractivity contribution in [2.24, 2.45) is 0 Å². The maximum atomic E-state index is 12.8. The van der Waals surface area contributed by atoms with E-state index in [1.54, 1.807) is 29.0 Å². The highest BCUT2D eigenvalue weighted by Gasteiger charge is 2.31. The average molecular weight is 364 g/mol. The third-order valence-corrected chi connectivity index (χ3v) is 4.39. The number of hydrogen-bond acceptors (Lipinski definition) is 4. The van der Waals surface area contributed by atoms with E-state index < -0.39 is 0 Å². The summed E-state index contributed by atoms with van der Waals surface area (Å²) in [6.07, 6.45) is 6.65.